The first-order valence-corrected chi connectivity index (χ1v) is 5.77. The lowest BCUT2D eigenvalue weighted by Gasteiger charge is -2.19. The van der Waals surface area contributed by atoms with E-state index >= 15 is 0 Å². The summed E-state index contributed by atoms with van der Waals surface area (Å²) in [4.78, 5) is 4.52. The van der Waals surface area contributed by atoms with Gasteiger partial charge in [-0.1, -0.05) is 0 Å². The van der Waals surface area contributed by atoms with Crippen LogP contribution in [-0.2, 0) is 10.3 Å². The van der Waals surface area contributed by atoms with E-state index < -0.39 is 0 Å². The molecule has 0 aromatic carbocycles. The number of nitrogens with zero attached hydrogens (tertiary/aromatic N) is 1. The van der Waals surface area contributed by atoms with E-state index in [2.05, 4.69) is 15.7 Å². The Labute approximate surface area is 88.5 Å². The van der Waals surface area contributed by atoms with E-state index in [9.17, 15) is 0 Å². The minimum absolute atomic E-state index is 0.278. The van der Waals surface area contributed by atoms with E-state index in [1.807, 2.05) is 13.8 Å². The molecule has 1 fully saturated rings. The largest absolute Gasteiger partial charge is 0.372 e. The lowest BCUT2D eigenvalue weighted by Crippen LogP contribution is -2.19. The lowest BCUT2D eigenvalue weighted by molar-refractivity contribution is 0.0161. The summed E-state index contributed by atoms with van der Waals surface area (Å²) < 4.78 is 5.37. The number of aromatic nitrogens is 1. The van der Waals surface area contributed by atoms with Gasteiger partial charge < -0.3 is 10.1 Å². The van der Waals surface area contributed by atoms with Crippen LogP contribution in [0.1, 0.15) is 32.4 Å². The molecule has 1 aromatic rings. The van der Waals surface area contributed by atoms with Gasteiger partial charge in [0.15, 0.2) is 5.13 Å². The molecule has 0 bridgehead atoms. The molecule has 0 atom stereocenters. The molecule has 2 rings (SSSR count). The summed E-state index contributed by atoms with van der Waals surface area (Å²) in [5.41, 5.74) is 0.730. The predicted molar refractivity (Wildman–Crippen MR) is 58.8 cm³/mol. The predicted octanol–water partition coefficient (Wildman–Crippen LogP) is 2.60. The number of ether oxygens (including phenoxy) is 1. The highest BCUT2D eigenvalue weighted by atomic mass is 32.1. The number of methoxy groups -OCH3 is 1. The van der Waals surface area contributed by atoms with E-state index in [-0.39, 0.29) is 5.60 Å². The van der Waals surface area contributed by atoms with Crippen molar-refractivity contribution < 1.29 is 4.74 Å². The van der Waals surface area contributed by atoms with Crippen molar-refractivity contribution in [2.24, 2.45) is 0 Å². The number of hydrogen-bond acceptors (Lipinski definition) is 4. The minimum Gasteiger partial charge on any atom is -0.372 e. The van der Waals surface area contributed by atoms with Crippen molar-refractivity contribution in [2.45, 2.75) is 38.3 Å². The molecule has 1 saturated carbocycles. The molecule has 1 aliphatic carbocycles. The van der Waals surface area contributed by atoms with Crippen LogP contribution >= 0.6 is 11.3 Å². The number of rotatable bonds is 4. The Morgan fingerprint density at radius 3 is 2.86 bits per heavy atom. The van der Waals surface area contributed by atoms with Crippen molar-refractivity contribution in [3.63, 3.8) is 0 Å². The molecule has 0 aliphatic heterocycles. The Morgan fingerprint density at radius 2 is 2.29 bits per heavy atom. The summed E-state index contributed by atoms with van der Waals surface area (Å²) in [5.74, 6) is 0. The maximum Gasteiger partial charge on any atom is 0.183 e. The Balaban J connectivity index is 2.07. The van der Waals surface area contributed by atoms with Gasteiger partial charge in [-0.05, 0) is 26.7 Å². The molecule has 14 heavy (non-hydrogen) atoms. The highest BCUT2D eigenvalue weighted by Gasteiger charge is 2.25. The first-order chi connectivity index (χ1) is 6.62. The van der Waals surface area contributed by atoms with Gasteiger partial charge in [-0.3, -0.25) is 0 Å². The average Bonchev–Trinajstić information content (AvgIpc) is 2.81. The van der Waals surface area contributed by atoms with E-state index in [1.165, 1.54) is 12.8 Å². The molecule has 0 radical (unpaired) electrons. The summed E-state index contributed by atoms with van der Waals surface area (Å²) >= 11 is 1.66. The average molecular weight is 212 g/mol. The summed E-state index contributed by atoms with van der Waals surface area (Å²) in [6, 6.07) is 0.666. The number of hydrogen-bond donors (Lipinski definition) is 1. The van der Waals surface area contributed by atoms with Crippen molar-refractivity contribution in [1.82, 2.24) is 4.98 Å². The van der Waals surface area contributed by atoms with Crippen molar-refractivity contribution in [2.75, 3.05) is 12.4 Å². The molecule has 0 unspecified atom stereocenters. The zero-order valence-corrected chi connectivity index (χ0v) is 9.65. The van der Waals surface area contributed by atoms with Crippen LogP contribution in [0.25, 0.3) is 0 Å². The second-order valence-electron chi connectivity index (χ2n) is 4.17. The third-order valence-corrected chi connectivity index (χ3v) is 3.31. The van der Waals surface area contributed by atoms with E-state index in [0.29, 0.717) is 6.04 Å². The molecular weight excluding hydrogens is 196 g/mol. The van der Waals surface area contributed by atoms with Crippen molar-refractivity contribution in [3.05, 3.63) is 11.1 Å². The molecule has 4 heteroatoms. The monoisotopic (exact) mass is 212 g/mol. The van der Waals surface area contributed by atoms with Crippen LogP contribution in [0.5, 0.6) is 0 Å². The Bertz CT molecular complexity index is 318. The minimum atomic E-state index is -0.278. The number of anilines is 1. The van der Waals surface area contributed by atoms with Crippen molar-refractivity contribution in [3.8, 4) is 0 Å². The SMILES string of the molecule is COC(C)(C)c1csc(NC2CC2)n1. The zero-order chi connectivity index (χ0) is 10.2. The first kappa shape index (κ1) is 9.93. The van der Waals surface area contributed by atoms with Crippen LogP contribution in [0, 0.1) is 0 Å². The third kappa shape index (κ3) is 2.07. The second kappa shape index (κ2) is 3.51. The van der Waals surface area contributed by atoms with Crippen molar-refractivity contribution >= 4 is 16.5 Å². The topological polar surface area (TPSA) is 34.1 Å². The van der Waals surface area contributed by atoms with Crippen LogP contribution in [0.3, 0.4) is 0 Å². The van der Waals surface area contributed by atoms with Gasteiger partial charge in [0.2, 0.25) is 0 Å². The summed E-state index contributed by atoms with van der Waals surface area (Å²) in [6.07, 6.45) is 2.56. The molecule has 1 aliphatic rings. The fourth-order valence-electron chi connectivity index (χ4n) is 1.12. The van der Waals surface area contributed by atoms with Crippen LogP contribution in [0.15, 0.2) is 5.38 Å². The fraction of sp³-hybridized carbons (Fsp3) is 0.700. The smallest absolute Gasteiger partial charge is 0.183 e. The van der Waals surface area contributed by atoms with Gasteiger partial charge in [0.05, 0.1) is 5.69 Å². The van der Waals surface area contributed by atoms with Crippen LogP contribution in [-0.4, -0.2) is 18.1 Å². The quantitative estimate of drug-likeness (QED) is 0.833. The zero-order valence-electron chi connectivity index (χ0n) is 8.83. The van der Waals surface area contributed by atoms with Gasteiger partial charge in [0.25, 0.3) is 0 Å². The molecule has 0 saturated heterocycles. The van der Waals surface area contributed by atoms with Crippen LogP contribution in [0.2, 0.25) is 0 Å². The molecular formula is C10H16N2OS. The van der Waals surface area contributed by atoms with Gasteiger partial charge in [-0.2, -0.15) is 0 Å². The summed E-state index contributed by atoms with van der Waals surface area (Å²) in [5, 5.41) is 6.47. The molecule has 1 N–H and O–H groups in total. The lowest BCUT2D eigenvalue weighted by atomic mass is 10.1. The third-order valence-electron chi connectivity index (χ3n) is 2.54. The summed E-state index contributed by atoms with van der Waals surface area (Å²) in [6.45, 7) is 4.06. The fourth-order valence-corrected chi connectivity index (χ4v) is 2.07. The maximum atomic E-state index is 5.37. The van der Waals surface area contributed by atoms with E-state index in [0.717, 1.165) is 10.8 Å². The van der Waals surface area contributed by atoms with Gasteiger partial charge in [-0.25, -0.2) is 4.98 Å². The Morgan fingerprint density at radius 1 is 1.57 bits per heavy atom. The standard InChI is InChI=1S/C10H16N2OS/c1-10(2,13-3)8-6-14-9(12-8)11-7-4-5-7/h6-7H,4-5H2,1-3H3,(H,11,12). The molecule has 0 spiro atoms. The van der Waals surface area contributed by atoms with E-state index in [1.54, 1.807) is 18.4 Å². The second-order valence-corrected chi connectivity index (χ2v) is 5.03. The van der Waals surface area contributed by atoms with E-state index in [4.69, 9.17) is 4.74 Å². The molecule has 1 heterocycles. The highest BCUT2D eigenvalue weighted by molar-refractivity contribution is 7.13. The molecule has 78 valence electrons. The Kier molecular flexibility index (Phi) is 2.49. The maximum absolute atomic E-state index is 5.37. The molecule has 1 aromatic heterocycles. The van der Waals surface area contributed by atoms with Crippen LogP contribution in [0.4, 0.5) is 5.13 Å². The van der Waals surface area contributed by atoms with Gasteiger partial charge >= 0.3 is 0 Å². The molecule has 3 nitrogen and oxygen atoms in total. The molecule has 0 amide bonds. The highest BCUT2D eigenvalue weighted by Crippen LogP contribution is 2.30. The van der Waals surface area contributed by atoms with Gasteiger partial charge in [-0.15, -0.1) is 11.3 Å². The normalized spacial score (nSPS) is 17.1. The van der Waals surface area contributed by atoms with Gasteiger partial charge in [0, 0.05) is 18.5 Å². The summed E-state index contributed by atoms with van der Waals surface area (Å²) in [7, 11) is 1.72. The first-order valence-electron chi connectivity index (χ1n) is 4.89. The van der Waals surface area contributed by atoms with Gasteiger partial charge in [0.1, 0.15) is 5.60 Å². The number of thiazole rings is 1. The Hall–Kier alpha value is -0.610. The van der Waals surface area contributed by atoms with Crippen molar-refractivity contribution in [1.29, 1.82) is 0 Å². The van der Waals surface area contributed by atoms with Crippen LogP contribution < -0.4 is 5.32 Å². The number of nitrogens with one attached hydrogen (secondary N) is 1.